The van der Waals surface area contributed by atoms with Crippen molar-refractivity contribution in [1.29, 1.82) is 0 Å². The smallest absolute Gasteiger partial charge is 0.227 e. The van der Waals surface area contributed by atoms with Gasteiger partial charge in [-0.25, -0.2) is 0 Å². The number of hydrogen-bond acceptors (Lipinski definition) is 2. The van der Waals surface area contributed by atoms with Crippen molar-refractivity contribution in [2.45, 2.75) is 57.4 Å². The first-order valence-electron chi connectivity index (χ1n) is 7.84. The first-order valence-corrected chi connectivity index (χ1v) is 7.84. The van der Waals surface area contributed by atoms with Crippen LogP contribution in [0.4, 0.5) is 0 Å². The van der Waals surface area contributed by atoms with Crippen molar-refractivity contribution >= 4 is 11.8 Å². The van der Waals surface area contributed by atoms with Gasteiger partial charge >= 0.3 is 0 Å². The lowest BCUT2D eigenvalue weighted by atomic mass is 10.0. The van der Waals surface area contributed by atoms with E-state index in [1.165, 1.54) is 19.3 Å². The molecule has 0 spiro atoms. The molecule has 1 saturated carbocycles. The van der Waals surface area contributed by atoms with Crippen molar-refractivity contribution in [2.24, 2.45) is 5.92 Å². The molecule has 2 amide bonds. The molecule has 106 valence electrons. The van der Waals surface area contributed by atoms with E-state index in [0.717, 1.165) is 38.8 Å². The molecule has 0 aromatic heterocycles. The fourth-order valence-electron chi connectivity index (χ4n) is 3.84. The molecule has 0 unspecified atom stereocenters. The fourth-order valence-corrected chi connectivity index (χ4v) is 3.84. The van der Waals surface area contributed by atoms with Gasteiger partial charge in [-0.15, -0.1) is 0 Å². The molecule has 4 heteroatoms. The van der Waals surface area contributed by atoms with Gasteiger partial charge in [0.05, 0.1) is 5.92 Å². The highest BCUT2D eigenvalue weighted by atomic mass is 16.2. The molecule has 3 aliphatic rings. The van der Waals surface area contributed by atoms with Crippen LogP contribution in [-0.4, -0.2) is 47.3 Å². The molecule has 0 N–H and O–H groups in total. The molecule has 0 aromatic rings. The highest BCUT2D eigenvalue weighted by Crippen LogP contribution is 2.30. The minimum absolute atomic E-state index is 0.0637. The zero-order valence-corrected chi connectivity index (χ0v) is 11.6. The minimum Gasteiger partial charge on any atom is -0.342 e. The number of amides is 2. The summed E-state index contributed by atoms with van der Waals surface area (Å²) in [7, 11) is 0. The molecular formula is C15H24N2O2. The van der Waals surface area contributed by atoms with Crippen molar-refractivity contribution in [1.82, 2.24) is 9.80 Å². The first kappa shape index (κ1) is 12.9. The Balaban J connectivity index is 1.60. The third-order valence-corrected chi connectivity index (χ3v) is 4.94. The molecule has 0 bridgehead atoms. The summed E-state index contributed by atoms with van der Waals surface area (Å²) in [6.45, 7) is 2.47. The van der Waals surface area contributed by atoms with Crippen molar-refractivity contribution < 1.29 is 9.59 Å². The molecule has 4 nitrogen and oxygen atoms in total. The highest BCUT2D eigenvalue weighted by Gasteiger charge is 2.40. The van der Waals surface area contributed by atoms with Gasteiger partial charge in [0.15, 0.2) is 0 Å². The number of nitrogens with zero attached hydrogens (tertiary/aromatic N) is 2. The Morgan fingerprint density at radius 3 is 2.37 bits per heavy atom. The Kier molecular flexibility index (Phi) is 3.76. The van der Waals surface area contributed by atoms with Crippen LogP contribution in [0.3, 0.4) is 0 Å². The normalized spacial score (nSPS) is 29.3. The van der Waals surface area contributed by atoms with Gasteiger partial charge in [0.1, 0.15) is 0 Å². The lowest BCUT2D eigenvalue weighted by molar-refractivity contribution is -0.136. The van der Waals surface area contributed by atoms with Crippen LogP contribution in [0, 0.1) is 5.92 Å². The summed E-state index contributed by atoms with van der Waals surface area (Å²) in [5.74, 6) is 0.377. The van der Waals surface area contributed by atoms with Gasteiger partial charge in [-0.3, -0.25) is 9.59 Å². The van der Waals surface area contributed by atoms with E-state index in [1.54, 1.807) is 0 Å². The second-order valence-corrected chi connectivity index (χ2v) is 6.27. The number of carbonyl (C=O) groups excluding carboxylic acids is 2. The lowest BCUT2D eigenvalue weighted by Crippen LogP contribution is -2.41. The molecule has 2 saturated heterocycles. The van der Waals surface area contributed by atoms with Gasteiger partial charge < -0.3 is 9.80 Å². The Morgan fingerprint density at radius 2 is 1.68 bits per heavy atom. The van der Waals surface area contributed by atoms with Gasteiger partial charge in [0.25, 0.3) is 0 Å². The van der Waals surface area contributed by atoms with Gasteiger partial charge in [-0.2, -0.15) is 0 Å². The van der Waals surface area contributed by atoms with Gasteiger partial charge in [0.2, 0.25) is 11.8 Å². The van der Waals surface area contributed by atoms with E-state index in [9.17, 15) is 9.59 Å². The van der Waals surface area contributed by atoms with Gasteiger partial charge in [0, 0.05) is 32.1 Å². The quantitative estimate of drug-likeness (QED) is 0.763. The van der Waals surface area contributed by atoms with E-state index in [0.29, 0.717) is 19.0 Å². The fraction of sp³-hybridized carbons (Fsp3) is 0.867. The predicted octanol–water partition coefficient (Wildman–Crippen LogP) is 1.79. The van der Waals surface area contributed by atoms with Crippen LogP contribution in [0.25, 0.3) is 0 Å². The molecule has 0 aromatic carbocycles. The molecule has 2 heterocycles. The summed E-state index contributed by atoms with van der Waals surface area (Å²) in [6, 6.07) is 0.423. The maximum atomic E-state index is 12.5. The lowest BCUT2D eigenvalue weighted by Gasteiger charge is -2.29. The Hall–Kier alpha value is -1.06. The maximum Gasteiger partial charge on any atom is 0.227 e. The first-order chi connectivity index (χ1) is 9.25. The maximum absolute atomic E-state index is 12.5. The SMILES string of the molecule is O=C([C@H]1CC(=O)N(C2CCCC2)C1)N1CCCCC1. The van der Waals surface area contributed by atoms with E-state index >= 15 is 0 Å². The number of likely N-dealkylation sites (tertiary alicyclic amines) is 2. The summed E-state index contributed by atoms with van der Waals surface area (Å²) in [4.78, 5) is 28.6. The van der Waals surface area contributed by atoms with Crippen molar-refractivity contribution in [2.75, 3.05) is 19.6 Å². The Bertz CT molecular complexity index is 357. The van der Waals surface area contributed by atoms with Crippen LogP contribution in [0.5, 0.6) is 0 Å². The molecule has 1 aliphatic carbocycles. The van der Waals surface area contributed by atoms with Crippen LogP contribution in [0.2, 0.25) is 0 Å². The minimum atomic E-state index is -0.0637. The summed E-state index contributed by atoms with van der Waals surface area (Å²) in [6.07, 6.45) is 8.68. The van der Waals surface area contributed by atoms with E-state index in [-0.39, 0.29) is 17.7 Å². The standard InChI is InChI=1S/C15H24N2O2/c18-14-10-12(11-17(14)13-6-2-3-7-13)15(19)16-8-4-1-5-9-16/h12-13H,1-11H2/t12-/m0/s1. The predicted molar refractivity (Wildman–Crippen MR) is 72.5 cm³/mol. The van der Waals surface area contributed by atoms with E-state index in [4.69, 9.17) is 0 Å². The summed E-state index contributed by atoms with van der Waals surface area (Å²) >= 11 is 0. The molecule has 3 rings (SSSR count). The van der Waals surface area contributed by atoms with Gasteiger partial charge in [-0.1, -0.05) is 12.8 Å². The topological polar surface area (TPSA) is 40.6 Å². The average Bonchev–Trinajstić information content (AvgIpc) is 3.08. The second-order valence-electron chi connectivity index (χ2n) is 6.27. The zero-order chi connectivity index (χ0) is 13.2. The third kappa shape index (κ3) is 2.63. The summed E-state index contributed by atoms with van der Waals surface area (Å²) in [5.41, 5.74) is 0. The van der Waals surface area contributed by atoms with Crippen molar-refractivity contribution in [3.05, 3.63) is 0 Å². The van der Waals surface area contributed by atoms with Crippen LogP contribution >= 0.6 is 0 Å². The van der Waals surface area contributed by atoms with E-state index in [1.807, 2.05) is 9.80 Å². The average molecular weight is 264 g/mol. The summed E-state index contributed by atoms with van der Waals surface area (Å²) in [5, 5.41) is 0. The van der Waals surface area contributed by atoms with Crippen LogP contribution in [0.1, 0.15) is 51.4 Å². The largest absolute Gasteiger partial charge is 0.342 e. The zero-order valence-electron chi connectivity index (χ0n) is 11.6. The molecule has 0 radical (unpaired) electrons. The molecule has 3 fully saturated rings. The number of carbonyl (C=O) groups is 2. The molecule has 1 atom stereocenters. The Morgan fingerprint density at radius 1 is 1.00 bits per heavy atom. The summed E-state index contributed by atoms with van der Waals surface area (Å²) < 4.78 is 0. The molecule has 19 heavy (non-hydrogen) atoms. The van der Waals surface area contributed by atoms with Crippen LogP contribution in [-0.2, 0) is 9.59 Å². The highest BCUT2D eigenvalue weighted by molar-refractivity contribution is 5.89. The van der Waals surface area contributed by atoms with Crippen LogP contribution < -0.4 is 0 Å². The van der Waals surface area contributed by atoms with Crippen molar-refractivity contribution in [3.63, 3.8) is 0 Å². The third-order valence-electron chi connectivity index (χ3n) is 4.94. The second kappa shape index (κ2) is 5.51. The van der Waals surface area contributed by atoms with Crippen molar-refractivity contribution in [3.8, 4) is 0 Å². The van der Waals surface area contributed by atoms with E-state index in [2.05, 4.69) is 0 Å². The van der Waals surface area contributed by atoms with Crippen LogP contribution in [0.15, 0.2) is 0 Å². The monoisotopic (exact) mass is 264 g/mol. The molecular weight excluding hydrogens is 240 g/mol. The molecule has 2 aliphatic heterocycles. The number of hydrogen-bond donors (Lipinski definition) is 0. The van der Waals surface area contributed by atoms with Gasteiger partial charge in [-0.05, 0) is 32.1 Å². The van der Waals surface area contributed by atoms with E-state index < -0.39 is 0 Å². The number of rotatable bonds is 2. The number of piperidine rings is 1. The Labute approximate surface area is 115 Å².